The Labute approximate surface area is 134 Å². The number of hydrogen-bond donors (Lipinski definition) is 3. The average Bonchev–Trinajstić information content (AvgIpc) is 2.42. The van der Waals surface area contributed by atoms with Crippen LogP contribution in [0.4, 0.5) is 0 Å². The van der Waals surface area contributed by atoms with E-state index < -0.39 is 26.4 Å². The SMILES string of the molecule is CC(C)OP(=O)(O)C(=Cc1cccc2ccccc12)P(=O)(O)O. The standard InChI is InChI=1S/C15H18O6P2/c1-11(2)21-23(19,20)15(22(16,17)18)10-13-8-5-7-12-6-3-4-9-14(12)13/h3-11H,1-2H3,(H,19,20)(H2,16,17,18). The smallest absolute Gasteiger partial charge is 0.321 e. The van der Waals surface area contributed by atoms with E-state index in [4.69, 9.17) is 4.52 Å². The molecule has 1 unspecified atom stereocenters. The Morgan fingerprint density at radius 1 is 1.04 bits per heavy atom. The fraction of sp³-hybridized carbons (Fsp3) is 0.200. The fourth-order valence-electron chi connectivity index (χ4n) is 2.19. The van der Waals surface area contributed by atoms with E-state index >= 15 is 0 Å². The summed E-state index contributed by atoms with van der Waals surface area (Å²) in [5.74, 6) is 0. The molecule has 0 aliphatic rings. The molecule has 0 spiro atoms. The molecule has 23 heavy (non-hydrogen) atoms. The minimum absolute atomic E-state index is 0.433. The van der Waals surface area contributed by atoms with E-state index in [-0.39, 0.29) is 0 Å². The summed E-state index contributed by atoms with van der Waals surface area (Å²) in [7, 11) is -9.60. The van der Waals surface area contributed by atoms with Crippen LogP contribution in [0.3, 0.4) is 0 Å². The van der Waals surface area contributed by atoms with E-state index in [0.29, 0.717) is 10.9 Å². The van der Waals surface area contributed by atoms with Crippen LogP contribution in [-0.2, 0) is 13.7 Å². The van der Waals surface area contributed by atoms with Crippen molar-refractivity contribution in [3.05, 3.63) is 53.1 Å². The van der Waals surface area contributed by atoms with Gasteiger partial charge in [-0.15, -0.1) is 0 Å². The lowest BCUT2D eigenvalue weighted by atomic mass is 10.1. The molecular formula is C15H18O6P2. The summed E-state index contributed by atoms with van der Waals surface area (Å²) in [6.45, 7) is 3.02. The third-order valence-electron chi connectivity index (χ3n) is 3.05. The molecule has 8 heteroatoms. The summed E-state index contributed by atoms with van der Waals surface area (Å²) < 4.78 is 28.9. The Morgan fingerprint density at radius 2 is 1.65 bits per heavy atom. The predicted molar refractivity (Wildman–Crippen MR) is 90.0 cm³/mol. The third kappa shape index (κ3) is 4.39. The Hall–Kier alpha value is -1.26. The van der Waals surface area contributed by atoms with Crippen LogP contribution in [0.25, 0.3) is 16.8 Å². The highest BCUT2D eigenvalue weighted by Crippen LogP contribution is 2.67. The minimum atomic E-state index is -4.97. The zero-order valence-electron chi connectivity index (χ0n) is 12.7. The van der Waals surface area contributed by atoms with E-state index in [0.717, 1.165) is 11.5 Å². The minimum Gasteiger partial charge on any atom is -0.321 e. The van der Waals surface area contributed by atoms with Gasteiger partial charge in [-0.25, -0.2) is 0 Å². The van der Waals surface area contributed by atoms with Crippen LogP contribution in [0.15, 0.2) is 47.5 Å². The molecule has 0 radical (unpaired) electrons. The first-order valence-corrected chi connectivity index (χ1v) is 10.1. The molecule has 2 aromatic rings. The van der Waals surface area contributed by atoms with Crippen molar-refractivity contribution in [1.29, 1.82) is 0 Å². The first-order valence-electron chi connectivity index (χ1n) is 6.88. The van der Waals surface area contributed by atoms with Gasteiger partial charge in [0.15, 0.2) is 5.06 Å². The third-order valence-corrected chi connectivity index (χ3v) is 6.73. The van der Waals surface area contributed by atoms with Gasteiger partial charge in [0, 0.05) is 0 Å². The quantitative estimate of drug-likeness (QED) is 0.702. The molecule has 3 N–H and O–H groups in total. The van der Waals surface area contributed by atoms with Crippen LogP contribution in [0, 0.1) is 0 Å². The van der Waals surface area contributed by atoms with Gasteiger partial charge in [-0.3, -0.25) is 9.13 Å². The molecule has 0 saturated heterocycles. The Bertz CT molecular complexity index is 831. The maximum atomic E-state index is 12.3. The number of rotatable bonds is 5. The molecule has 0 saturated carbocycles. The van der Waals surface area contributed by atoms with E-state index in [1.165, 1.54) is 13.8 Å². The Morgan fingerprint density at radius 3 is 2.26 bits per heavy atom. The Kier molecular flexibility index (Phi) is 5.27. The van der Waals surface area contributed by atoms with Gasteiger partial charge in [-0.05, 0) is 36.3 Å². The van der Waals surface area contributed by atoms with Crippen molar-refractivity contribution >= 4 is 32.0 Å². The maximum Gasteiger partial charge on any atom is 0.367 e. The molecule has 0 amide bonds. The largest absolute Gasteiger partial charge is 0.367 e. The fourth-order valence-corrected chi connectivity index (χ4v) is 4.93. The van der Waals surface area contributed by atoms with Gasteiger partial charge < -0.3 is 19.2 Å². The lowest BCUT2D eigenvalue weighted by Crippen LogP contribution is -2.02. The highest BCUT2D eigenvalue weighted by Gasteiger charge is 2.39. The van der Waals surface area contributed by atoms with Gasteiger partial charge in [0.1, 0.15) is 0 Å². The summed E-state index contributed by atoms with van der Waals surface area (Å²) in [6.07, 6.45) is 0.389. The van der Waals surface area contributed by atoms with Crippen molar-refractivity contribution in [3.63, 3.8) is 0 Å². The highest BCUT2D eigenvalue weighted by molar-refractivity contribution is 7.77. The lowest BCUT2D eigenvalue weighted by molar-refractivity contribution is 0.210. The van der Waals surface area contributed by atoms with Gasteiger partial charge in [-0.2, -0.15) is 0 Å². The van der Waals surface area contributed by atoms with Gasteiger partial charge in [-0.1, -0.05) is 42.5 Å². The molecule has 6 nitrogen and oxygen atoms in total. The van der Waals surface area contributed by atoms with Gasteiger partial charge >= 0.3 is 15.2 Å². The van der Waals surface area contributed by atoms with Crippen LogP contribution in [0.5, 0.6) is 0 Å². The normalized spacial score (nSPS) is 15.8. The number of fused-ring (bicyclic) bond motifs is 1. The summed E-state index contributed by atoms with van der Waals surface area (Å²) in [4.78, 5) is 29.0. The number of hydrogen-bond acceptors (Lipinski definition) is 3. The average molecular weight is 356 g/mol. The molecule has 0 fully saturated rings. The molecule has 2 aromatic carbocycles. The van der Waals surface area contributed by atoms with Crippen molar-refractivity contribution < 1.29 is 28.3 Å². The summed E-state index contributed by atoms with van der Waals surface area (Å²) in [5, 5.41) is 0.657. The Balaban J connectivity index is 2.66. The van der Waals surface area contributed by atoms with Crippen LogP contribution in [-0.4, -0.2) is 20.8 Å². The highest BCUT2D eigenvalue weighted by atomic mass is 31.2. The van der Waals surface area contributed by atoms with Crippen LogP contribution in [0.1, 0.15) is 19.4 Å². The van der Waals surface area contributed by atoms with Crippen molar-refractivity contribution in [2.75, 3.05) is 0 Å². The predicted octanol–water partition coefficient (Wildman–Crippen LogP) is 3.93. The van der Waals surface area contributed by atoms with Crippen LogP contribution in [0.2, 0.25) is 0 Å². The van der Waals surface area contributed by atoms with Crippen molar-refractivity contribution in [2.24, 2.45) is 0 Å². The second kappa shape index (κ2) is 6.70. The summed E-state index contributed by atoms with van der Waals surface area (Å²) >= 11 is 0. The van der Waals surface area contributed by atoms with E-state index in [2.05, 4.69) is 0 Å². The molecular weight excluding hydrogens is 338 g/mol. The van der Waals surface area contributed by atoms with Crippen molar-refractivity contribution in [2.45, 2.75) is 20.0 Å². The monoisotopic (exact) mass is 356 g/mol. The molecule has 0 aliphatic carbocycles. The first-order chi connectivity index (χ1) is 10.6. The van der Waals surface area contributed by atoms with Crippen LogP contribution < -0.4 is 0 Å². The second-order valence-corrected chi connectivity index (χ2v) is 8.95. The molecule has 1 atom stereocenters. The van der Waals surface area contributed by atoms with E-state index in [1.807, 2.05) is 18.2 Å². The van der Waals surface area contributed by atoms with E-state index in [1.54, 1.807) is 24.3 Å². The topological polar surface area (TPSA) is 104 Å². The molecule has 124 valence electrons. The second-order valence-electron chi connectivity index (χ2n) is 5.29. The molecule has 0 bridgehead atoms. The van der Waals surface area contributed by atoms with E-state index in [9.17, 15) is 23.8 Å². The zero-order chi connectivity index (χ0) is 17.3. The van der Waals surface area contributed by atoms with Gasteiger partial charge in [0.25, 0.3) is 0 Å². The van der Waals surface area contributed by atoms with Crippen molar-refractivity contribution in [1.82, 2.24) is 0 Å². The summed E-state index contributed by atoms with van der Waals surface area (Å²) in [5.41, 5.74) is 0.433. The lowest BCUT2D eigenvalue weighted by Gasteiger charge is -2.19. The van der Waals surface area contributed by atoms with Gasteiger partial charge in [0.2, 0.25) is 0 Å². The van der Waals surface area contributed by atoms with Crippen LogP contribution >= 0.6 is 15.2 Å². The molecule has 2 rings (SSSR count). The number of benzene rings is 2. The maximum absolute atomic E-state index is 12.3. The summed E-state index contributed by atoms with van der Waals surface area (Å²) in [6, 6.07) is 12.4. The molecule has 0 heterocycles. The first kappa shape index (κ1) is 18.1. The molecule has 0 aromatic heterocycles. The van der Waals surface area contributed by atoms with Gasteiger partial charge in [0.05, 0.1) is 6.10 Å². The molecule has 0 aliphatic heterocycles. The van der Waals surface area contributed by atoms with Crippen molar-refractivity contribution in [3.8, 4) is 0 Å². The zero-order valence-corrected chi connectivity index (χ0v) is 14.4.